The van der Waals surface area contributed by atoms with Gasteiger partial charge in [0.2, 0.25) is 0 Å². The van der Waals surface area contributed by atoms with Gasteiger partial charge in [-0.2, -0.15) is 0 Å². The number of hydrogen-bond acceptors (Lipinski definition) is 3. The van der Waals surface area contributed by atoms with Gasteiger partial charge >= 0.3 is 0 Å². The first-order chi connectivity index (χ1) is 9.22. The van der Waals surface area contributed by atoms with Gasteiger partial charge in [0.05, 0.1) is 6.54 Å². The second kappa shape index (κ2) is 5.63. The summed E-state index contributed by atoms with van der Waals surface area (Å²) in [5, 5.41) is 0. The Morgan fingerprint density at radius 1 is 1.26 bits per heavy atom. The van der Waals surface area contributed by atoms with E-state index in [2.05, 4.69) is 21.5 Å². The van der Waals surface area contributed by atoms with Crippen molar-refractivity contribution in [2.24, 2.45) is 18.7 Å². The van der Waals surface area contributed by atoms with Gasteiger partial charge in [0.15, 0.2) is 0 Å². The van der Waals surface area contributed by atoms with E-state index in [4.69, 9.17) is 5.73 Å². The van der Waals surface area contributed by atoms with E-state index in [1.165, 1.54) is 50.9 Å². The van der Waals surface area contributed by atoms with Crippen LogP contribution in [0.3, 0.4) is 0 Å². The number of nitrogens with two attached hydrogens (primary N) is 1. The Kier molecular flexibility index (Phi) is 3.89. The molecule has 0 aromatic carbocycles. The molecule has 2 fully saturated rings. The van der Waals surface area contributed by atoms with Crippen LogP contribution in [-0.2, 0) is 13.6 Å². The highest BCUT2D eigenvalue weighted by Crippen LogP contribution is 2.32. The average molecular weight is 262 g/mol. The number of rotatable bonds is 5. The molecule has 2 aliphatic carbocycles. The molecule has 4 heteroatoms. The maximum Gasteiger partial charge on any atom is 0.122 e. The van der Waals surface area contributed by atoms with Crippen LogP contribution in [0.5, 0.6) is 0 Å². The number of imidazole rings is 1. The molecule has 0 atom stereocenters. The SMILES string of the molecule is Cn1ccnc1CN(CC1CCC(N)CC1)C1CC1. The van der Waals surface area contributed by atoms with E-state index in [0.29, 0.717) is 6.04 Å². The Morgan fingerprint density at radius 2 is 2.00 bits per heavy atom. The van der Waals surface area contributed by atoms with Gasteiger partial charge in [-0.25, -0.2) is 4.98 Å². The fourth-order valence-corrected chi connectivity index (χ4v) is 3.22. The molecular weight excluding hydrogens is 236 g/mol. The van der Waals surface area contributed by atoms with E-state index in [9.17, 15) is 0 Å². The lowest BCUT2D eigenvalue weighted by atomic mass is 9.86. The fraction of sp³-hybridized carbons (Fsp3) is 0.800. The Hall–Kier alpha value is -0.870. The number of hydrogen-bond donors (Lipinski definition) is 1. The third-order valence-corrected chi connectivity index (χ3v) is 4.71. The van der Waals surface area contributed by atoms with Gasteiger partial charge in [0, 0.05) is 38.1 Å². The topological polar surface area (TPSA) is 47.1 Å². The van der Waals surface area contributed by atoms with Crippen LogP contribution < -0.4 is 5.73 Å². The minimum absolute atomic E-state index is 0.458. The molecule has 3 rings (SSSR count). The summed E-state index contributed by atoms with van der Waals surface area (Å²) < 4.78 is 2.15. The number of nitrogens with zero attached hydrogens (tertiary/aromatic N) is 3. The zero-order chi connectivity index (χ0) is 13.2. The first-order valence-corrected chi connectivity index (χ1v) is 7.68. The maximum absolute atomic E-state index is 6.00. The molecule has 106 valence electrons. The highest BCUT2D eigenvalue weighted by Gasteiger charge is 2.32. The van der Waals surface area contributed by atoms with E-state index in [0.717, 1.165) is 18.5 Å². The minimum Gasteiger partial charge on any atom is -0.337 e. The van der Waals surface area contributed by atoms with Crippen LogP contribution in [0.4, 0.5) is 0 Å². The molecule has 2 N–H and O–H groups in total. The lowest BCUT2D eigenvalue weighted by molar-refractivity contribution is 0.175. The third kappa shape index (κ3) is 3.37. The summed E-state index contributed by atoms with van der Waals surface area (Å²) in [4.78, 5) is 7.13. The predicted molar refractivity (Wildman–Crippen MR) is 76.6 cm³/mol. The molecule has 0 unspecified atom stereocenters. The molecule has 1 aromatic rings. The summed E-state index contributed by atoms with van der Waals surface area (Å²) in [6.07, 6.45) is 11.7. The van der Waals surface area contributed by atoms with Crippen molar-refractivity contribution in [2.75, 3.05) is 6.54 Å². The zero-order valence-electron chi connectivity index (χ0n) is 12.0. The average Bonchev–Trinajstić information content (AvgIpc) is 3.17. The van der Waals surface area contributed by atoms with Crippen molar-refractivity contribution in [1.82, 2.24) is 14.5 Å². The van der Waals surface area contributed by atoms with Crippen molar-refractivity contribution in [2.45, 2.75) is 57.2 Å². The molecular formula is C15H26N4. The molecule has 1 heterocycles. The maximum atomic E-state index is 6.00. The number of aryl methyl sites for hydroxylation is 1. The fourth-order valence-electron chi connectivity index (χ4n) is 3.22. The lowest BCUT2D eigenvalue weighted by Crippen LogP contribution is -2.35. The van der Waals surface area contributed by atoms with E-state index in [-0.39, 0.29) is 0 Å². The largest absolute Gasteiger partial charge is 0.337 e. The molecule has 0 amide bonds. The second-order valence-electron chi connectivity index (χ2n) is 6.40. The van der Waals surface area contributed by atoms with Crippen LogP contribution in [0.15, 0.2) is 12.4 Å². The van der Waals surface area contributed by atoms with Gasteiger partial charge < -0.3 is 10.3 Å². The summed E-state index contributed by atoms with van der Waals surface area (Å²) in [5.41, 5.74) is 6.00. The Labute approximate surface area is 116 Å². The van der Waals surface area contributed by atoms with Gasteiger partial charge in [0.1, 0.15) is 5.82 Å². The Bertz CT molecular complexity index is 402. The van der Waals surface area contributed by atoms with Crippen molar-refractivity contribution in [3.8, 4) is 0 Å². The van der Waals surface area contributed by atoms with Crippen LogP contribution in [0.1, 0.15) is 44.3 Å². The van der Waals surface area contributed by atoms with E-state index >= 15 is 0 Å². The van der Waals surface area contributed by atoms with Crippen LogP contribution in [0.25, 0.3) is 0 Å². The lowest BCUT2D eigenvalue weighted by Gasteiger charge is -2.31. The molecule has 0 radical (unpaired) electrons. The van der Waals surface area contributed by atoms with Gasteiger partial charge in [-0.3, -0.25) is 4.90 Å². The molecule has 0 saturated heterocycles. The molecule has 2 saturated carbocycles. The monoisotopic (exact) mass is 262 g/mol. The predicted octanol–water partition coefficient (Wildman–Crippen LogP) is 1.90. The summed E-state index contributed by atoms with van der Waals surface area (Å²) in [7, 11) is 2.09. The summed E-state index contributed by atoms with van der Waals surface area (Å²) >= 11 is 0. The number of aromatic nitrogens is 2. The second-order valence-corrected chi connectivity index (χ2v) is 6.40. The molecule has 4 nitrogen and oxygen atoms in total. The highest BCUT2D eigenvalue weighted by molar-refractivity contribution is 4.95. The zero-order valence-corrected chi connectivity index (χ0v) is 12.0. The molecule has 2 aliphatic rings. The molecule has 0 bridgehead atoms. The standard InChI is InChI=1S/C15H26N4/c1-18-9-8-17-15(18)11-19(14-6-7-14)10-12-2-4-13(16)5-3-12/h8-9,12-14H,2-7,10-11,16H2,1H3. The first-order valence-electron chi connectivity index (χ1n) is 7.68. The van der Waals surface area contributed by atoms with Gasteiger partial charge in [-0.15, -0.1) is 0 Å². The normalized spacial score (nSPS) is 27.9. The summed E-state index contributed by atoms with van der Waals surface area (Å²) in [6.45, 7) is 2.25. The van der Waals surface area contributed by atoms with E-state index in [1.54, 1.807) is 0 Å². The highest BCUT2D eigenvalue weighted by atomic mass is 15.2. The Morgan fingerprint density at radius 3 is 2.58 bits per heavy atom. The Balaban J connectivity index is 1.57. The van der Waals surface area contributed by atoms with Crippen LogP contribution in [-0.4, -0.2) is 33.1 Å². The smallest absolute Gasteiger partial charge is 0.122 e. The van der Waals surface area contributed by atoms with Crippen LogP contribution >= 0.6 is 0 Å². The van der Waals surface area contributed by atoms with Crippen molar-refractivity contribution in [1.29, 1.82) is 0 Å². The van der Waals surface area contributed by atoms with E-state index < -0.39 is 0 Å². The van der Waals surface area contributed by atoms with Crippen molar-refractivity contribution < 1.29 is 0 Å². The summed E-state index contributed by atoms with van der Waals surface area (Å²) in [5.74, 6) is 2.04. The van der Waals surface area contributed by atoms with Gasteiger partial charge in [-0.1, -0.05) is 0 Å². The molecule has 0 spiro atoms. The third-order valence-electron chi connectivity index (χ3n) is 4.71. The van der Waals surface area contributed by atoms with E-state index in [1.807, 2.05) is 12.4 Å². The van der Waals surface area contributed by atoms with Crippen LogP contribution in [0, 0.1) is 5.92 Å². The minimum atomic E-state index is 0.458. The van der Waals surface area contributed by atoms with Crippen LogP contribution in [0.2, 0.25) is 0 Å². The molecule has 0 aliphatic heterocycles. The van der Waals surface area contributed by atoms with Crippen molar-refractivity contribution >= 4 is 0 Å². The van der Waals surface area contributed by atoms with Gasteiger partial charge in [-0.05, 0) is 44.4 Å². The molecule has 1 aromatic heterocycles. The van der Waals surface area contributed by atoms with Crippen molar-refractivity contribution in [3.05, 3.63) is 18.2 Å². The molecule has 19 heavy (non-hydrogen) atoms. The quantitative estimate of drug-likeness (QED) is 0.881. The van der Waals surface area contributed by atoms with Gasteiger partial charge in [0.25, 0.3) is 0 Å². The summed E-state index contributed by atoms with van der Waals surface area (Å²) in [6, 6.07) is 1.27. The first kappa shape index (κ1) is 13.1. The van der Waals surface area contributed by atoms with Crippen molar-refractivity contribution in [3.63, 3.8) is 0 Å².